The van der Waals surface area contributed by atoms with Crippen LogP contribution in [-0.4, -0.2) is 26.4 Å². The Balaban J connectivity index is 1.76. The molecule has 0 saturated heterocycles. The first kappa shape index (κ1) is 21.0. The number of anilines is 1. The first-order chi connectivity index (χ1) is 13.9. The van der Waals surface area contributed by atoms with Crippen LogP contribution in [0.25, 0.3) is 11.4 Å². The molecule has 152 valence electrons. The van der Waals surface area contributed by atoms with Crippen LogP contribution in [0.4, 0.5) is 10.1 Å². The second-order valence-electron chi connectivity index (χ2n) is 7.33. The van der Waals surface area contributed by atoms with Crippen molar-refractivity contribution in [2.45, 2.75) is 44.8 Å². The van der Waals surface area contributed by atoms with Gasteiger partial charge in [0.25, 0.3) is 0 Å². The van der Waals surface area contributed by atoms with Crippen LogP contribution in [0.5, 0.6) is 0 Å². The monoisotopic (exact) mass is 412 g/mol. The molecule has 2 aromatic carbocycles. The summed E-state index contributed by atoms with van der Waals surface area (Å²) in [5, 5.41) is 12.0. The summed E-state index contributed by atoms with van der Waals surface area (Å²) in [5.41, 5.74) is 2.32. The number of benzene rings is 2. The van der Waals surface area contributed by atoms with Crippen LogP contribution in [0.3, 0.4) is 0 Å². The van der Waals surface area contributed by atoms with E-state index in [4.69, 9.17) is 0 Å². The summed E-state index contributed by atoms with van der Waals surface area (Å²) in [7, 11) is 0. The Hall–Kier alpha value is -2.67. The van der Waals surface area contributed by atoms with Crippen LogP contribution in [-0.2, 0) is 4.79 Å². The maximum Gasteiger partial charge on any atom is 0.234 e. The van der Waals surface area contributed by atoms with Gasteiger partial charge < -0.3 is 5.32 Å². The largest absolute Gasteiger partial charge is 0.325 e. The molecule has 3 rings (SSSR count). The maximum absolute atomic E-state index is 14.2. The first-order valence-corrected chi connectivity index (χ1v) is 10.6. The Morgan fingerprint density at radius 1 is 1.07 bits per heavy atom. The van der Waals surface area contributed by atoms with Crippen LogP contribution in [0.1, 0.15) is 45.2 Å². The van der Waals surface area contributed by atoms with Gasteiger partial charge in [-0.3, -0.25) is 9.36 Å². The first-order valence-electron chi connectivity index (χ1n) is 9.59. The van der Waals surface area contributed by atoms with Crippen LogP contribution in [0, 0.1) is 5.82 Å². The average molecular weight is 413 g/mol. The highest BCUT2D eigenvalue weighted by Crippen LogP contribution is 2.29. The Labute approximate surface area is 174 Å². The molecule has 0 atom stereocenters. The highest BCUT2D eigenvalue weighted by Gasteiger charge is 2.20. The standard InChI is InChI=1S/C22H25FN4OS/c1-14(2)16-9-6-8-12-19(16)24-20(28)13-29-22-26-25-21(27(22)15(3)4)17-10-5-7-11-18(17)23/h5-12,14-15H,13H2,1-4H3,(H,24,28). The third kappa shape index (κ3) is 4.85. The molecule has 0 saturated carbocycles. The Morgan fingerprint density at radius 3 is 2.45 bits per heavy atom. The summed E-state index contributed by atoms with van der Waals surface area (Å²) in [6.45, 7) is 8.15. The van der Waals surface area contributed by atoms with Gasteiger partial charge in [-0.15, -0.1) is 10.2 Å². The number of amides is 1. The molecule has 7 heteroatoms. The van der Waals surface area contributed by atoms with Crippen LogP contribution in [0.15, 0.2) is 53.7 Å². The molecule has 29 heavy (non-hydrogen) atoms. The number of thioether (sulfide) groups is 1. The summed E-state index contributed by atoms with van der Waals surface area (Å²) in [5.74, 6) is 0.502. The molecule has 0 bridgehead atoms. The minimum atomic E-state index is -0.346. The molecule has 1 N–H and O–H groups in total. The summed E-state index contributed by atoms with van der Waals surface area (Å²) < 4.78 is 16.1. The molecule has 1 amide bonds. The molecule has 0 aliphatic rings. The van der Waals surface area contributed by atoms with Crippen LogP contribution < -0.4 is 5.32 Å². The minimum Gasteiger partial charge on any atom is -0.325 e. The number of hydrogen-bond donors (Lipinski definition) is 1. The number of halogens is 1. The maximum atomic E-state index is 14.2. The minimum absolute atomic E-state index is 0.0202. The van der Waals surface area contributed by atoms with Crippen LogP contribution in [0.2, 0.25) is 0 Å². The molecule has 1 aromatic heterocycles. The van der Waals surface area contributed by atoms with E-state index in [0.29, 0.717) is 22.5 Å². The fraction of sp³-hybridized carbons (Fsp3) is 0.318. The summed E-state index contributed by atoms with van der Waals surface area (Å²) in [6.07, 6.45) is 0. The highest BCUT2D eigenvalue weighted by atomic mass is 32.2. The van der Waals surface area contributed by atoms with Crippen molar-refractivity contribution in [3.05, 3.63) is 59.9 Å². The average Bonchev–Trinajstić information content (AvgIpc) is 3.11. The topological polar surface area (TPSA) is 59.8 Å². The number of rotatable bonds is 7. The molecule has 0 unspecified atom stereocenters. The van der Waals surface area contributed by atoms with Gasteiger partial charge in [-0.1, -0.05) is 55.9 Å². The van der Waals surface area contributed by atoms with E-state index in [1.807, 2.05) is 42.7 Å². The molecule has 0 spiro atoms. The van der Waals surface area contributed by atoms with Crippen molar-refractivity contribution in [2.24, 2.45) is 0 Å². The van der Waals surface area contributed by atoms with E-state index in [1.54, 1.807) is 18.2 Å². The predicted molar refractivity (Wildman–Crippen MR) is 116 cm³/mol. The molecular formula is C22H25FN4OS. The van der Waals surface area contributed by atoms with Crippen molar-refractivity contribution >= 4 is 23.4 Å². The van der Waals surface area contributed by atoms with Gasteiger partial charge in [0.05, 0.1) is 11.3 Å². The van der Waals surface area contributed by atoms with E-state index < -0.39 is 0 Å². The van der Waals surface area contributed by atoms with E-state index in [1.165, 1.54) is 17.8 Å². The normalized spacial score (nSPS) is 11.3. The van der Waals surface area contributed by atoms with E-state index in [-0.39, 0.29) is 23.5 Å². The van der Waals surface area contributed by atoms with Crippen LogP contribution >= 0.6 is 11.8 Å². The second-order valence-corrected chi connectivity index (χ2v) is 8.27. The summed E-state index contributed by atoms with van der Waals surface area (Å²) >= 11 is 1.29. The number of nitrogens with one attached hydrogen (secondary N) is 1. The van der Waals surface area contributed by atoms with Crippen molar-refractivity contribution in [2.75, 3.05) is 11.1 Å². The van der Waals surface area contributed by atoms with Crippen molar-refractivity contribution in [1.29, 1.82) is 0 Å². The van der Waals surface area contributed by atoms with E-state index in [9.17, 15) is 9.18 Å². The zero-order valence-electron chi connectivity index (χ0n) is 17.0. The van der Waals surface area contributed by atoms with Gasteiger partial charge in [-0.25, -0.2) is 4.39 Å². The van der Waals surface area contributed by atoms with Crippen molar-refractivity contribution in [1.82, 2.24) is 14.8 Å². The fourth-order valence-electron chi connectivity index (χ4n) is 3.10. The molecule has 0 aliphatic carbocycles. The second kappa shape index (κ2) is 9.22. The smallest absolute Gasteiger partial charge is 0.234 e. The Kier molecular flexibility index (Phi) is 6.69. The van der Waals surface area contributed by atoms with Gasteiger partial charge >= 0.3 is 0 Å². The van der Waals surface area contributed by atoms with Gasteiger partial charge in [-0.05, 0) is 43.5 Å². The summed E-state index contributed by atoms with van der Waals surface area (Å²) in [6, 6.07) is 14.3. The van der Waals surface area contributed by atoms with Gasteiger partial charge in [0, 0.05) is 11.7 Å². The lowest BCUT2D eigenvalue weighted by Gasteiger charge is -2.15. The van der Waals surface area contributed by atoms with E-state index in [0.717, 1.165) is 11.3 Å². The molecule has 1 heterocycles. The van der Waals surface area contributed by atoms with E-state index in [2.05, 4.69) is 29.4 Å². The Morgan fingerprint density at radius 2 is 1.76 bits per heavy atom. The third-order valence-electron chi connectivity index (χ3n) is 4.48. The molecule has 0 aliphatic heterocycles. The van der Waals surface area contributed by atoms with E-state index >= 15 is 0 Å². The lowest BCUT2D eigenvalue weighted by atomic mass is 10.0. The van der Waals surface area contributed by atoms with Crippen molar-refractivity contribution in [3.8, 4) is 11.4 Å². The number of aromatic nitrogens is 3. The summed E-state index contributed by atoms with van der Waals surface area (Å²) in [4.78, 5) is 12.5. The molecular weight excluding hydrogens is 387 g/mol. The molecule has 3 aromatic rings. The zero-order valence-corrected chi connectivity index (χ0v) is 17.8. The number of carbonyl (C=O) groups is 1. The van der Waals surface area contributed by atoms with Crippen molar-refractivity contribution in [3.63, 3.8) is 0 Å². The lowest BCUT2D eigenvalue weighted by Crippen LogP contribution is -2.16. The number of hydrogen-bond acceptors (Lipinski definition) is 4. The quantitative estimate of drug-likeness (QED) is 0.519. The SMILES string of the molecule is CC(C)c1ccccc1NC(=O)CSc1nnc(-c2ccccc2F)n1C(C)C. The van der Waals surface area contributed by atoms with Gasteiger partial charge in [-0.2, -0.15) is 0 Å². The predicted octanol–water partition coefficient (Wildman–Crippen LogP) is 5.52. The third-order valence-corrected chi connectivity index (χ3v) is 5.43. The number of para-hydroxylation sites is 1. The number of carbonyl (C=O) groups excluding carboxylic acids is 1. The van der Waals surface area contributed by atoms with Gasteiger partial charge in [0.2, 0.25) is 5.91 Å². The molecule has 5 nitrogen and oxygen atoms in total. The van der Waals surface area contributed by atoms with Gasteiger partial charge in [0.1, 0.15) is 5.82 Å². The highest BCUT2D eigenvalue weighted by molar-refractivity contribution is 7.99. The molecule has 0 radical (unpaired) electrons. The van der Waals surface area contributed by atoms with Gasteiger partial charge in [0.15, 0.2) is 11.0 Å². The number of nitrogens with zero attached hydrogens (tertiary/aromatic N) is 3. The van der Waals surface area contributed by atoms with Crippen molar-refractivity contribution < 1.29 is 9.18 Å². The zero-order chi connectivity index (χ0) is 21.0. The molecule has 0 fully saturated rings. The Bertz CT molecular complexity index is 1000. The fourth-order valence-corrected chi connectivity index (χ4v) is 3.97. The lowest BCUT2D eigenvalue weighted by molar-refractivity contribution is -0.113.